The molecule has 0 aliphatic heterocycles. The van der Waals surface area contributed by atoms with Crippen LogP contribution in [0.1, 0.15) is 17.5 Å². The molecule has 1 aliphatic carbocycles. The quantitative estimate of drug-likeness (QED) is 0.566. The van der Waals surface area contributed by atoms with Crippen LogP contribution in [-0.2, 0) is 12.8 Å². The maximum atomic E-state index is 2.40. The molecule has 0 fully saturated rings. The van der Waals surface area contributed by atoms with Gasteiger partial charge in [0.25, 0.3) is 0 Å². The summed E-state index contributed by atoms with van der Waals surface area (Å²) in [6, 6.07) is 7.01. The minimum absolute atomic E-state index is 1.24. The van der Waals surface area contributed by atoms with Gasteiger partial charge in [0.2, 0.25) is 0 Å². The van der Waals surface area contributed by atoms with Gasteiger partial charge in [-0.15, -0.1) is 11.8 Å². The summed E-state index contributed by atoms with van der Waals surface area (Å²) < 4.78 is 0. The summed E-state index contributed by atoms with van der Waals surface area (Å²) >= 11 is 3.92. The summed E-state index contributed by atoms with van der Waals surface area (Å²) in [5.41, 5.74) is 3.18. The number of thioether (sulfide) groups is 2. The van der Waals surface area contributed by atoms with Gasteiger partial charge >= 0.3 is 0 Å². The first-order chi connectivity index (χ1) is 6.90. The molecule has 0 unspecified atom stereocenters. The molecule has 0 N–H and O–H groups in total. The highest BCUT2D eigenvalue weighted by Crippen LogP contribution is 2.27. The fraction of sp³-hybridized carbons (Fsp3) is 0.500. The van der Waals surface area contributed by atoms with Crippen LogP contribution in [0.4, 0.5) is 0 Å². The van der Waals surface area contributed by atoms with Crippen molar-refractivity contribution in [1.29, 1.82) is 0 Å². The Morgan fingerprint density at radius 3 is 2.86 bits per heavy atom. The fourth-order valence-corrected chi connectivity index (χ4v) is 3.51. The number of hydrogen-bond acceptors (Lipinski definition) is 2. The second kappa shape index (κ2) is 5.13. The van der Waals surface area contributed by atoms with Gasteiger partial charge in [0.05, 0.1) is 0 Å². The minimum Gasteiger partial charge on any atom is -0.165 e. The van der Waals surface area contributed by atoms with E-state index in [1.54, 1.807) is 11.1 Å². The summed E-state index contributed by atoms with van der Waals surface area (Å²) in [4.78, 5) is 1.46. The third-order valence-electron chi connectivity index (χ3n) is 2.63. The average Bonchev–Trinajstić information content (AvgIpc) is 2.65. The predicted octanol–water partition coefficient (Wildman–Crippen LogP) is 3.63. The topological polar surface area (TPSA) is 0 Å². The molecule has 2 rings (SSSR count). The number of benzene rings is 1. The maximum Gasteiger partial charge on any atom is 0.00751 e. The first-order valence-electron chi connectivity index (χ1n) is 5.13. The average molecular weight is 224 g/mol. The van der Waals surface area contributed by atoms with E-state index in [1.807, 2.05) is 23.5 Å². The molecule has 0 aromatic heterocycles. The smallest absolute Gasteiger partial charge is 0.00751 e. The molecule has 14 heavy (non-hydrogen) atoms. The van der Waals surface area contributed by atoms with Gasteiger partial charge in [0, 0.05) is 16.4 Å². The van der Waals surface area contributed by atoms with Crippen LogP contribution in [0.3, 0.4) is 0 Å². The normalized spacial score (nSPS) is 14.4. The third-order valence-corrected chi connectivity index (χ3v) is 4.49. The Labute approximate surface area is 94.9 Å². The molecule has 0 saturated carbocycles. The second-order valence-corrected chi connectivity index (χ2v) is 5.78. The monoisotopic (exact) mass is 224 g/mol. The number of rotatable bonds is 4. The van der Waals surface area contributed by atoms with Gasteiger partial charge in [0.15, 0.2) is 0 Å². The van der Waals surface area contributed by atoms with E-state index in [1.165, 1.54) is 35.7 Å². The van der Waals surface area contributed by atoms with Crippen LogP contribution in [0.15, 0.2) is 23.1 Å². The van der Waals surface area contributed by atoms with E-state index in [0.29, 0.717) is 0 Å². The van der Waals surface area contributed by atoms with Crippen LogP contribution in [-0.4, -0.2) is 17.8 Å². The van der Waals surface area contributed by atoms with Gasteiger partial charge in [-0.1, -0.05) is 6.07 Å². The Morgan fingerprint density at radius 1 is 1.14 bits per heavy atom. The highest BCUT2D eigenvalue weighted by molar-refractivity contribution is 8.02. The standard InChI is InChI=1S/C12H16S2/c1-13-7-8-14-12-6-5-10-3-2-4-11(10)9-12/h5-6,9H,2-4,7-8H2,1H3. The fourth-order valence-electron chi connectivity index (χ4n) is 1.88. The van der Waals surface area contributed by atoms with Crippen molar-refractivity contribution < 1.29 is 0 Å². The number of fused-ring (bicyclic) bond motifs is 1. The second-order valence-electron chi connectivity index (χ2n) is 3.63. The highest BCUT2D eigenvalue weighted by Gasteiger charge is 2.10. The van der Waals surface area contributed by atoms with Crippen molar-refractivity contribution in [2.75, 3.05) is 17.8 Å². The van der Waals surface area contributed by atoms with E-state index in [0.717, 1.165) is 0 Å². The highest BCUT2D eigenvalue weighted by atomic mass is 32.2. The van der Waals surface area contributed by atoms with Crippen LogP contribution >= 0.6 is 23.5 Å². The summed E-state index contributed by atoms with van der Waals surface area (Å²) in [7, 11) is 0. The van der Waals surface area contributed by atoms with Crippen LogP contribution in [0, 0.1) is 0 Å². The van der Waals surface area contributed by atoms with Crippen LogP contribution in [0.2, 0.25) is 0 Å². The lowest BCUT2D eigenvalue weighted by atomic mass is 10.1. The van der Waals surface area contributed by atoms with Gasteiger partial charge in [-0.3, -0.25) is 0 Å². The summed E-state index contributed by atoms with van der Waals surface area (Å²) in [6.45, 7) is 0. The van der Waals surface area contributed by atoms with Crippen molar-refractivity contribution in [3.8, 4) is 0 Å². The SMILES string of the molecule is CSCCSc1ccc2c(c1)CCC2. The molecule has 0 bridgehead atoms. The maximum absolute atomic E-state index is 2.40. The summed E-state index contributed by atoms with van der Waals surface area (Å²) in [6.07, 6.45) is 6.12. The zero-order valence-corrected chi connectivity index (χ0v) is 10.2. The lowest BCUT2D eigenvalue weighted by Crippen LogP contribution is -1.85. The molecule has 0 atom stereocenters. The van der Waals surface area contributed by atoms with E-state index >= 15 is 0 Å². The van der Waals surface area contributed by atoms with Gasteiger partial charge in [-0.05, 0) is 48.8 Å². The van der Waals surface area contributed by atoms with Crippen molar-refractivity contribution in [3.05, 3.63) is 29.3 Å². The van der Waals surface area contributed by atoms with Crippen molar-refractivity contribution in [3.63, 3.8) is 0 Å². The Kier molecular flexibility index (Phi) is 3.82. The summed E-state index contributed by atoms with van der Waals surface area (Å²) in [5.74, 6) is 2.49. The van der Waals surface area contributed by atoms with E-state index in [4.69, 9.17) is 0 Å². The Hall–Kier alpha value is -0.0800. The molecule has 76 valence electrons. The molecular weight excluding hydrogens is 208 g/mol. The molecule has 1 aromatic carbocycles. The van der Waals surface area contributed by atoms with Crippen LogP contribution in [0.25, 0.3) is 0 Å². The van der Waals surface area contributed by atoms with Crippen molar-refractivity contribution in [2.24, 2.45) is 0 Å². The van der Waals surface area contributed by atoms with E-state index < -0.39 is 0 Å². The predicted molar refractivity (Wildman–Crippen MR) is 67.6 cm³/mol. The van der Waals surface area contributed by atoms with Crippen LogP contribution in [0.5, 0.6) is 0 Å². The number of aryl methyl sites for hydroxylation is 2. The third kappa shape index (κ3) is 2.48. The number of hydrogen-bond donors (Lipinski definition) is 0. The van der Waals surface area contributed by atoms with Gasteiger partial charge < -0.3 is 0 Å². The Bertz CT molecular complexity index is 307. The van der Waals surface area contributed by atoms with Crippen molar-refractivity contribution in [2.45, 2.75) is 24.2 Å². The van der Waals surface area contributed by atoms with E-state index in [-0.39, 0.29) is 0 Å². The largest absolute Gasteiger partial charge is 0.165 e. The lowest BCUT2D eigenvalue weighted by Gasteiger charge is -2.03. The van der Waals surface area contributed by atoms with Gasteiger partial charge in [0.1, 0.15) is 0 Å². The molecule has 0 nitrogen and oxygen atoms in total. The zero-order chi connectivity index (χ0) is 9.80. The van der Waals surface area contributed by atoms with Gasteiger partial charge in [-0.2, -0.15) is 11.8 Å². The molecule has 1 aliphatic rings. The van der Waals surface area contributed by atoms with Gasteiger partial charge in [-0.25, -0.2) is 0 Å². The van der Waals surface area contributed by atoms with Crippen molar-refractivity contribution >= 4 is 23.5 Å². The molecule has 2 heteroatoms. The molecule has 0 heterocycles. The zero-order valence-electron chi connectivity index (χ0n) is 8.58. The Morgan fingerprint density at radius 2 is 2.00 bits per heavy atom. The minimum atomic E-state index is 1.24. The van der Waals surface area contributed by atoms with Crippen LogP contribution < -0.4 is 0 Å². The van der Waals surface area contributed by atoms with E-state index in [9.17, 15) is 0 Å². The first-order valence-corrected chi connectivity index (χ1v) is 7.51. The molecule has 0 amide bonds. The molecule has 0 spiro atoms. The lowest BCUT2D eigenvalue weighted by molar-refractivity contribution is 0.911. The molecule has 0 radical (unpaired) electrons. The summed E-state index contributed by atoms with van der Waals surface area (Å²) in [5, 5.41) is 0. The molecule has 0 saturated heterocycles. The molecular formula is C12H16S2. The Balaban J connectivity index is 1.98. The van der Waals surface area contributed by atoms with E-state index in [2.05, 4.69) is 24.5 Å². The first kappa shape index (κ1) is 10.4. The van der Waals surface area contributed by atoms with Crippen molar-refractivity contribution in [1.82, 2.24) is 0 Å². The molecule has 1 aromatic rings.